The molecule has 0 aliphatic rings. The van der Waals surface area contributed by atoms with Crippen LogP contribution in [0.4, 0.5) is 5.69 Å². The maximum absolute atomic E-state index is 12.7. The molecule has 7 nitrogen and oxygen atoms in total. The summed E-state index contributed by atoms with van der Waals surface area (Å²) >= 11 is 0. The number of esters is 1. The van der Waals surface area contributed by atoms with E-state index in [1.54, 1.807) is 67.6 Å². The van der Waals surface area contributed by atoms with Crippen molar-refractivity contribution >= 4 is 23.6 Å². The van der Waals surface area contributed by atoms with Crippen molar-refractivity contribution in [3.05, 3.63) is 113 Å². The quantitative estimate of drug-likeness (QED) is 0.168. The van der Waals surface area contributed by atoms with E-state index in [4.69, 9.17) is 13.9 Å². The summed E-state index contributed by atoms with van der Waals surface area (Å²) in [7, 11) is 0. The van der Waals surface area contributed by atoms with Gasteiger partial charge in [-0.15, -0.1) is 0 Å². The highest BCUT2D eigenvalue weighted by molar-refractivity contribution is 6.09. The van der Waals surface area contributed by atoms with Gasteiger partial charge in [-0.05, 0) is 61.0 Å². The smallest absolute Gasteiger partial charge is 0.338 e. The number of hydrogen-bond donors (Lipinski definition) is 1. The first-order valence-electron chi connectivity index (χ1n) is 11.6. The lowest BCUT2D eigenvalue weighted by atomic mass is 10.1. The molecular formula is C30H24N2O5. The Morgan fingerprint density at radius 1 is 0.946 bits per heavy atom. The summed E-state index contributed by atoms with van der Waals surface area (Å²) in [6, 6.07) is 28.8. The Labute approximate surface area is 214 Å². The largest absolute Gasteiger partial charge is 0.489 e. The van der Waals surface area contributed by atoms with Crippen LogP contribution in [-0.4, -0.2) is 18.5 Å². The molecule has 0 spiro atoms. The highest BCUT2D eigenvalue weighted by atomic mass is 16.5. The maximum atomic E-state index is 12.7. The van der Waals surface area contributed by atoms with Gasteiger partial charge in [-0.2, -0.15) is 5.26 Å². The molecule has 4 aromatic rings. The number of nitriles is 1. The van der Waals surface area contributed by atoms with Crippen LogP contribution in [0, 0.1) is 11.3 Å². The highest BCUT2D eigenvalue weighted by Gasteiger charge is 2.13. The van der Waals surface area contributed by atoms with E-state index in [2.05, 4.69) is 5.32 Å². The fourth-order valence-electron chi connectivity index (χ4n) is 3.44. The van der Waals surface area contributed by atoms with Crippen LogP contribution in [0.3, 0.4) is 0 Å². The van der Waals surface area contributed by atoms with Gasteiger partial charge in [-0.25, -0.2) is 4.79 Å². The minimum atomic E-state index is -0.558. The number of nitrogens with one attached hydrogen (secondary N) is 1. The first-order valence-corrected chi connectivity index (χ1v) is 11.6. The summed E-state index contributed by atoms with van der Waals surface area (Å²) in [5.74, 6) is 0.593. The van der Waals surface area contributed by atoms with Crippen molar-refractivity contribution in [2.45, 2.75) is 13.5 Å². The summed E-state index contributed by atoms with van der Waals surface area (Å²) in [5, 5.41) is 12.2. The molecule has 184 valence electrons. The molecular weight excluding hydrogens is 468 g/mol. The molecule has 1 N–H and O–H groups in total. The van der Waals surface area contributed by atoms with Gasteiger partial charge < -0.3 is 19.2 Å². The molecule has 0 aliphatic heterocycles. The van der Waals surface area contributed by atoms with Crippen molar-refractivity contribution in [2.24, 2.45) is 0 Å². The molecule has 0 unspecified atom stereocenters. The molecule has 0 saturated heterocycles. The van der Waals surface area contributed by atoms with E-state index in [-0.39, 0.29) is 5.57 Å². The van der Waals surface area contributed by atoms with Gasteiger partial charge >= 0.3 is 5.97 Å². The highest BCUT2D eigenvalue weighted by Crippen LogP contribution is 2.24. The Kier molecular flexibility index (Phi) is 8.15. The van der Waals surface area contributed by atoms with Crippen LogP contribution < -0.4 is 10.1 Å². The molecule has 1 aromatic heterocycles. The molecule has 3 aromatic carbocycles. The van der Waals surface area contributed by atoms with Gasteiger partial charge in [0.05, 0.1) is 12.2 Å². The number of benzene rings is 3. The van der Waals surface area contributed by atoms with Crippen LogP contribution in [-0.2, 0) is 16.1 Å². The predicted molar refractivity (Wildman–Crippen MR) is 140 cm³/mol. The van der Waals surface area contributed by atoms with Gasteiger partial charge in [0.2, 0.25) is 0 Å². The van der Waals surface area contributed by atoms with Crippen LogP contribution >= 0.6 is 0 Å². The minimum Gasteiger partial charge on any atom is -0.489 e. The standard InChI is InChI=1S/C30H24N2O5/c1-2-35-30(34)23-10-8-22(9-11-23)28-17-16-27(37-28)18-24(19-31)29(33)32-25-12-14-26(15-13-25)36-20-21-6-4-3-5-7-21/h3-18H,2,20H2,1H3,(H,32,33)/b24-18+. The van der Waals surface area contributed by atoms with Gasteiger partial charge in [0.25, 0.3) is 5.91 Å². The molecule has 0 bridgehead atoms. The van der Waals surface area contributed by atoms with Crippen LogP contribution in [0.25, 0.3) is 17.4 Å². The van der Waals surface area contributed by atoms with Crippen LogP contribution in [0.1, 0.15) is 28.6 Å². The first-order chi connectivity index (χ1) is 18.1. The molecule has 1 heterocycles. The lowest BCUT2D eigenvalue weighted by molar-refractivity contribution is -0.112. The number of nitrogens with zero attached hydrogens (tertiary/aromatic N) is 1. The third-order valence-corrected chi connectivity index (χ3v) is 5.32. The Bertz CT molecular complexity index is 1430. The average molecular weight is 493 g/mol. The fourth-order valence-corrected chi connectivity index (χ4v) is 3.44. The third kappa shape index (κ3) is 6.74. The zero-order valence-electron chi connectivity index (χ0n) is 20.1. The van der Waals surface area contributed by atoms with E-state index in [0.717, 1.165) is 11.1 Å². The van der Waals surface area contributed by atoms with Crippen LogP contribution in [0.5, 0.6) is 5.75 Å². The zero-order chi connectivity index (χ0) is 26.0. The van der Waals surface area contributed by atoms with Gasteiger partial charge in [0.1, 0.15) is 35.5 Å². The number of hydrogen-bond acceptors (Lipinski definition) is 6. The monoisotopic (exact) mass is 492 g/mol. The molecule has 0 aliphatic carbocycles. The zero-order valence-corrected chi connectivity index (χ0v) is 20.1. The summed E-state index contributed by atoms with van der Waals surface area (Å²) in [6.07, 6.45) is 1.38. The van der Waals surface area contributed by atoms with E-state index >= 15 is 0 Å². The minimum absolute atomic E-state index is 0.108. The molecule has 7 heteroatoms. The first kappa shape index (κ1) is 25.0. The molecule has 0 fully saturated rings. The molecule has 37 heavy (non-hydrogen) atoms. The summed E-state index contributed by atoms with van der Waals surface area (Å²) < 4.78 is 16.5. The van der Waals surface area contributed by atoms with Crippen molar-refractivity contribution in [1.29, 1.82) is 5.26 Å². The summed E-state index contributed by atoms with van der Waals surface area (Å²) in [5.41, 5.74) is 2.66. The Hall–Kier alpha value is -5.09. The number of amides is 1. The predicted octanol–water partition coefficient (Wildman–Crippen LogP) is 6.25. The van der Waals surface area contributed by atoms with Crippen LogP contribution in [0.2, 0.25) is 0 Å². The van der Waals surface area contributed by atoms with Gasteiger partial charge in [-0.3, -0.25) is 4.79 Å². The number of anilines is 1. The normalized spacial score (nSPS) is 10.9. The number of furan rings is 1. The van der Waals surface area contributed by atoms with E-state index in [1.807, 2.05) is 36.4 Å². The molecule has 0 radical (unpaired) electrons. The number of ether oxygens (including phenoxy) is 2. The topological polar surface area (TPSA) is 102 Å². The van der Waals surface area contributed by atoms with E-state index in [9.17, 15) is 14.9 Å². The van der Waals surface area contributed by atoms with Gasteiger partial charge in [0.15, 0.2) is 0 Å². The van der Waals surface area contributed by atoms with Gasteiger partial charge in [0, 0.05) is 17.3 Å². The third-order valence-electron chi connectivity index (χ3n) is 5.32. The van der Waals surface area contributed by atoms with Crippen molar-refractivity contribution in [3.8, 4) is 23.1 Å². The van der Waals surface area contributed by atoms with E-state index < -0.39 is 11.9 Å². The summed E-state index contributed by atoms with van der Waals surface area (Å²) in [4.78, 5) is 24.5. The number of rotatable bonds is 9. The lowest BCUT2D eigenvalue weighted by Gasteiger charge is -2.08. The average Bonchev–Trinajstić information content (AvgIpc) is 3.41. The Morgan fingerprint density at radius 3 is 2.35 bits per heavy atom. The SMILES string of the molecule is CCOC(=O)c1ccc(-c2ccc(/C=C(\C#N)C(=O)Nc3ccc(OCc4ccccc4)cc3)o2)cc1. The van der Waals surface area contributed by atoms with Gasteiger partial charge in [-0.1, -0.05) is 42.5 Å². The van der Waals surface area contributed by atoms with Crippen molar-refractivity contribution < 1.29 is 23.5 Å². The second kappa shape index (κ2) is 12.0. The molecule has 1 amide bonds. The van der Waals surface area contributed by atoms with E-state index in [1.165, 1.54) is 6.08 Å². The fraction of sp³-hybridized carbons (Fsp3) is 0.100. The molecule has 4 rings (SSSR count). The Morgan fingerprint density at radius 2 is 1.68 bits per heavy atom. The lowest BCUT2D eigenvalue weighted by Crippen LogP contribution is -2.13. The number of carbonyl (C=O) groups is 2. The number of carbonyl (C=O) groups excluding carboxylic acids is 2. The molecule has 0 atom stereocenters. The van der Waals surface area contributed by atoms with Crippen molar-refractivity contribution in [3.63, 3.8) is 0 Å². The van der Waals surface area contributed by atoms with E-state index in [0.29, 0.717) is 41.7 Å². The molecule has 0 saturated carbocycles. The van der Waals surface area contributed by atoms with Crippen LogP contribution in [0.15, 0.2) is 101 Å². The maximum Gasteiger partial charge on any atom is 0.338 e. The second-order valence-electron chi connectivity index (χ2n) is 7.92. The summed E-state index contributed by atoms with van der Waals surface area (Å²) in [6.45, 7) is 2.49. The van der Waals surface area contributed by atoms with Crippen molar-refractivity contribution in [2.75, 3.05) is 11.9 Å². The second-order valence-corrected chi connectivity index (χ2v) is 7.92. The Balaban J connectivity index is 1.38. The van der Waals surface area contributed by atoms with Crippen molar-refractivity contribution in [1.82, 2.24) is 0 Å².